The maximum atomic E-state index is 13.1. The fraction of sp³-hybridized carbons (Fsp3) is 0.565. The van der Waals surface area contributed by atoms with Crippen LogP contribution in [-0.2, 0) is 6.54 Å². The molecular formula is C23H29ClN2O2. The van der Waals surface area contributed by atoms with E-state index in [2.05, 4.69) is 19.1 Å². The highest BCUT2D eigenvalue weighted by Crippen LogP contribution is 2.34. The normalized spacial score (nSPS) is 15.6. The van der Waals surface area contributed by atoms with Crippen molar-refractivity contribution in [2.75, 3.05) is 5.88 Å². The summed E-state index contributed by atoms with van der Waals surface area (Å²) in [6.45, 7) is 2.84. The van der Waals surface area contributed by atoms with Gasteiger partial charge >= 0.3 is 0 Å². The highest BCUT2D eigenvalue weighted by atomic mass is 35.5. The summed E-state index contributed by atoms with van der Waals surface area (Å²) in [4.78, 5) is 13.1. The highest BCUT2D eigenvalue weighted by molar-refractivity contribution is 6.17. The van der Waals surface area contributed by atoms with Gasteiger partial charge in [-0.3, -0.25) is 9.48 Å². The zero-order valence-electron chi connectivity index (χ0n) is 16.7. The van der Waals surface area contributed by atoms with Gasteiger partial charge in [-0.25, -0.2) is 0 Å². The summed E-state index contributed by atoms with van der Waals surface area (Å²) in [6.07, 6.45) is 9.76. The van der Waals surface area contributed by atoms with Crippen LogP contribution < -0.4 is 0 Å². The number of carbonyl (C=O) groups is 1. The molecule has 150 valence electrons. The summed E-state index contributed by atoms with van der Waals surface area (Å²) in [5.74, 6) is 1.32. The standard InChI is InChI=1S/C23H29ClN2O2/c1-16-10-11-18-20(14-16)28-23-21(19(27)15-17-8-4-2-5-9-17)25-26(22(18)23)13-7-3-6-12-24/h10-11,14,17H,2-9,12-13,15H2,1H3. The first-order valence-corrected chi connectivity index (χ1v) is 11.2. The van der Waals surface area contributed by atoms with E-state index >= 15 is 0 Å². The smallest absolute Gasteiger partial charge is 0.187 e. The molecule has 1 fully saturated rings. The maximum absolute atomic E-state index is 13.1. The number of benzene rings is 1. The Bertz CT molecular complexity index is 966. The zero-order valence-corrected chi connectivity index (χ0v) is 17.4. The molecule has 28 heavy (non-hydrogen) atoms. The van der Waals surface area contributed by atoms with Crippen molar-refractivity contribution in [1.29, 1.82) is 0 Å². The Hall–Kier alpha value is -1.81. The second-order valence-electron chi connectivity index (χ2n) is 8.23. The van der Waals surface area contributed by atoms with E-state index < -0.39 is 0 Å². The zero-order chi connectivity index (χ0) is 19.5. The quantitative estimate of drug-likeness (QED) is 0.241. The van der Waals surface area contributed by atoms with Crippen LogP contribution in [0.1, 0.15) is 73.8 Å². The minimum absolute atomic E-state index is 0.132. The molecule has 0 bridgehead atoms. The van der Waals surface area contributed by atoms with Crippen molar-refractivity contribution >= 4 is 39.5 Å². The lowest BCUT2D eigenvalue weighted by Crippen LogP contribution is -2.13. The predicted molar refractivity (Wildman–Crippen MR) is 114 cm³/mol. The lowest BCUT2D eigenvalue weighted by atomic mass is 9.85. The SMILES string of the molecule is Cc1ccc2c(c1)oc1c(C(=O)CC3CCCCC3)nn(CCCCCCl)c12. The Labute approximate surface area is 171 Å². The number of halogens is 1. The molecule has 1 aromatic carbocycles. The van der Waals surface area contributed by atoms with E-state index in [1.165, 1.54) is 19.3 Å². The molecule has 0 amide bonds. The van der Waals surface area contributed by atoms with Crippen molar-refractivity contribution < 1.29 is 9.21 Å². The lowest BCUT2D eigenvalue weighted by molar-refractivity contribution is 0.0945. The van der Waals surface area contributed by atoms with Crippen LogP contribution >= 0.6 is 11.6 Å². The van der Waals surface area contributed by atoms with Gasteiger partial charge in [0.1, 0.15) is 11.1 Å². The molecule has 0 unspecified atom stereocenters. The lowest BCUT2D eigenvalue weighted by Gasteiger charge is -2.20. The van der Waals surface area contributed by atoms with Crippen LogP contribution in [0, 0.1) is 12.8 Å². The van der Waals surface area contributed by atoms with Crippen LogP contribution in [0.3, 0.4) is 0 Å². The Morgan fingerprint density at radius 1 is 1.21 bits per heavy atom. The summed E-state index contributed by atoms with van der Waals surface area (Å²) in [5, 5.41) is 5.77. The van der Waals surface area contributed by atoms with Gasteiger partial charge < -0.3 is 4.42 Å². The number of Topliss-reactive ketones (excluding diaryl/α,β-unsaturated/α-hetero) is 1. The minimum atomic E-state index is 0.132. The molecule has 5 heteroatoms. The van der Waals surface area contributed by atoms with Gasteiger partial charge in [0.2, 0.25) is 0 Å². The second kappa shape index (κ2) is 8.69. The van der Waals surface area contributed by atoms with Gasteiger partial charge in [-0.2, -0.15) is 5.10 Å². The number of rotatable bonds is 8. The summed E-state index contributed by atoms with van der Waals surface area (Å²) >= 11 is 5.81. The van der Waals surface area contributed by atoms with Gasteiger partial charge in [0.05, 0.1) is 0 Å². The molecule has 4 rings (SSSR count). The molecule has 0 spiro atoms. The van der Waals surface area contributed by atoms with Crippen molar-refractivity contribution in [2.24, 2.45) is 5.92 Å². The number of alkyl halides is 1. The molecule has 3 aromatic rings. The third-order valence-electron chi connectivity index (χ3n) is 5.98. The third-order valence-corrected chi connectivity index (χ3v) is 6.25. The second-order valence-corrected chi connectivity index (χ2v) is 8.61. The molecule has 4 nitrogen and oxygen atoms in total. The summed E-state index contributed by atoms with van der Waals surface area (Å²) in [7, 11) is 0. The Morgan fingerprint density at radius 3 is 2.82 bits per heavy atom. The Morgan fingerprint density at radius 2 is 2.04 bits per heavy atom. The maximum Gasteiger partial charge on any atom is 0.187 e. The topological polar surface area (TPSA) is 48.0 Å². The van der Waals surface area contributed by atoms with Crippen LogP contribution in [0.15, 0.2) is 22.6 Å². The van der Waals surface area contributed by atoms with Gasteiger partial charge in [0, 0.05) is 24.2 Å². The Balaban J connectivity index is 1.68. The van der Waals surface area contributed by atoms with E-state index in [4.69, 9.17) is 21.1 Å². The van der Waals surface area contributed by atoms with Gasteiger partial charge in [-0.15, -0.1) is 11.6 Å². The van der Waals surface area contributed by atoms with Crippen molar-refractivity contribution in [2.45, 2.75) is 71.3 Å². The van der Waals surface area contributed by atoms with Crippen LogP contribution in [0.4, 0.5) is 0 Å². The number of hydrogen-bond acceptors (Lipinski definition) is 3. The van der Waals surface area contributed by atoms with E-state index in [9.17, 15) is 4.79 Å². The van der Waals surface area contributed by atoms with Gasteiger partial charge in [0.25, 0.3) is 0 Å². The molecule has 1 aliphatic carbocycles. The molecule has 1 saturated carbocycles. The fourth-order valence-electron chi connectivity index (χ4n) is 4.45. The van der Waals surface area contributed by atoms with Crippen LogP contribution in [0.2, 0.25) is 0 Å². The number of unbranched alkanes of at least 4 members (excludes halogenated alkanes) is 2. The molecule has 0 atom stereocenters. The molecule has 0 radical (unpaired) electrons. The van der Waals surface area contributed by atoms with Crippen LogP contribution in [0.5, 0.6) is 0 Å². The van der Waals surface area contributed by atoms with Crippen molar-refractivity contribution in [3.05, 3.63) is 29.5 Å². The van der Waals surface area contributed by atoms with Gasteiger partial charge in [0.15, 0.2) is 17.1 Å². The van der Waals surface area contributed by atoms with Crippen molar-refractivity contribution in [1.82, 2.24) is 9.78 Å². The average Bonchev–Trinajstić information content (AvgIpc) is 3.23. The predicted octanol–water partition coefficient (Wildman–Crippen LogP) is 6.65. The number of hydrogen-bond donors (Lipinski definition) is 0. The molecule has 0 N–H and O–H groups in total. The van der Waals surface area contributed by atoms with E-state index in [1.807, 2.05) is 10.7 Å². The number of aryl methyl sites for hydroxylation is 2. The summed E-state index contributed by atoms with van der Waals surface area (Å²) in [6, 6.07) is 6.22. The van der Waals surface area contributed by atoms with E-state index in [1.54, 1.807) is 0 Å². The number of ketones is 1. The van der Waals surface area contributed by atoms with Crippen molar-refractivity contribution in [3.63, 3.8) is 0 Å². The summed E-state index contributed by atoms with van der Waals surface area (Å²) < 4.78 is 8.14. The van der Waals surface area contributed by atoms with Crippen LogP contribution in [0.25, 0.3) is 22.1 Å². The van der Waals surface area contributed by atoms with Crippen LogP contribution in [-0.4, -0.2) is 21.4 Å². The monoisotopic (exact) mass is 400 g/mol. The number of aromatic nitrogens is 2. The molecule has 0 saturated heterocycles. The first-order chi connectivity index (χ1) is 13.7. The number of furan rings is 1. The molecule has 0 aliphatic heterocycles. The number of fused-ring (bicyclic) bond motifs is 3. The molecule has 1 aliphatic rings. The Kier molecular flexibility index (Phi) is 6.05. The number of carbonyl (C=O) groups excluding carboxylic acids is 1. The minimum Gasteiger partial charge on any atom is -0.452 e. The average molecular weight is 401 g/mol. The molecule has 2 aromatic heterocycles. The largest absolute Gasteiger partial charge is 0.452 e. The molecular weight excluding hydrogens is 372 g/mol. The third kappa shape index (κ3) is 3.98. The first kappa shape index (κ1) is 19.5. The van der Waals surface area contributed by atoms with E-state index in [-0.39, 0.29) is 5.78 Å². The fourth-order valence-corrected chi connectivity index (χ4v) is 4.64. The summed E-state index contributed by atoms with van der Waals surface area (Å²) in [5.41, 5.74) is 4.15. The molecule has 2 heterocycles. The van der Waals surface area contributed by atoms with Gasteiger partial charge in [-0.05, 0) is 43.4 Å². The van der Waals surface area contributed by atoms with E-state index in [0.717, 1.165) is 60.7 Å². The highest BCUT2D eigenvalue weighted by Gasteiger charge is 2.26. The van der Waals surface area contributed by atoms with E-state index in [0.29, 0.717) is 29.5 Å². The van der Waals surface area contributed by atoms with Crippen molar-refractivity contribution in [3.8, 4) is 0 Å². The first-order valence-electron chi connectivity index (χ1n) is 10.7. The van der Waals surface area contributed by atoms with Gasteiger partial charge in [-0.1, -0.05) is 44.6 Å². The number of nitrogens with zero attached hydrogens (tertiary/aromatic N) is 2.